The molecule has 0 spiro atoms. The molecular weight excluding hydrogens is 394 g/mol. The summed E-state index contributed by atoms with van der Waals surface area (Å²) in [5.74, 6) is 0.394. The second kappa shape index (κ2) is 10.1. The smallest absolute Gasteiger partial charge is 0.323 e. The van der Waals surface area contributed by atoms with Crippen molar-refractivity contribution in [3.8, 4) is 5.75 Å². The van der Waals surface area contributed by atoms with E-state index in [9.17, 15) is 9.59 Å². The van der Waals surface area contributed by atoms with Gasteiger partial charge in [0.15, 0.2) is 0 Å². The van der Waals surface area contributed by atoms with E-state index in [1.807, 2.05) is 31.1 Å². The molecule has 0 saturated heterocycles. The monoisotopic (exact) mass is 419 g/mol. The molecule has 0 unspecified atom stereocenters. The molecule has 0 aliphatic carbocycles. The number of benzene rings is 2. The van der Waals surface area contributed by atoms with Gasteiger partial charge >= 0.3 is 6.03 Å². The molecule has 2 aromatic carbocycles. The lowest BCUT2D eigenvalue weighted by atomic mass is 10.1. The Balaban J connectivity index is 1.72. The minimum atomic E-state index is -0.424. The van der Waals surface area contributed by atoms with E-state index in [1.165, 1.54) is 0 Å². The van der Waals surface area contributed by atoms with Crippen LogP contribution in [0.4, 0.5) is 21.9 Å². The number of carbonyl (C=O) groups is 2. The lowest BCUT2D eigenvalue weighted by Crippen LogP contribution is -2.26. The van der Waals surface area contributed by atoms with E-state index in [0.29, 0.717) is 29.2 Å². The van der Waals surface area contributed by atoms with Crippen LogP contribution in [0.3, 0.4) is 0 Å². The molecule has 160 valence electrons. The van der Waals surface area contributed by atoms with Crippen LogP contribution < -0.4 is 25.6 Å². The Kier molecular flexibility index (Phi) is 7.05. The summed E-state index contributed by atoms with van der Waals surface area (Å²) in [6.45, 7) is 0.355. The van der Waals surface area contributed by atoms with E-state index in [0.717, 1.165) is 11.3 Å². The Hall–Kier alpha value is -4.07. The van der Waals surface area contributed by atoms with Crippen LogP contribution in [0.2, 0.25) is 0 Å². The van der Waals surface area contributed by atoms with Crippen molar-refractivity contribution < 1.29 is 14.3 Å². The number of ether oxygens (including phenoxy) is 1. The van der Waals surface area contributed by atoms with Crippen LogP contribution in [0.1, 0.15) is 15.9 Å². The number of urea groups is 1. The molecule has 31 heavy (non-hydrogen) atoms. The molecule has 0 atom stereocenters. The summed E-state index contributed by atoms with van der Waals surface area (Å²) in [4.78, 5) is 31.2. The topological polar surface area (TPSA) is 95.6 Å². The maximum absolute atomic E-state index is 12.8. The van der Waals surface area contributed by atoms with Crippen molar-refractivity contribution in [2.75, 3.05) is 36.7 Å². The summed E-state index contributed by atoms with van der Waals surface area (Å²) < 4.78 is 5.16. The Morgan fingerprint density at radius 2 is 1.77 bits per heavy atom. The first-order chi connectivity index (χ1) is 15.0. The number of methoxy groups -OCH3 is 1. The normalized spacial score (nSPS) is 10.2. The number of pyridine rings is 1. The third-order valence-corrected chi connectivity index (χ3v) is 4.48. The van der Waals surface area contributed by atoms with Gasteiger partial charge in [-0.3, -0.25) is 9.78 Å². The molecule has 0 aliphatic rings. The van der Waals surface area contributed by atoms with Crippen LogP contribution in [0.25, 0.3) is 0 Å². The van der Waals surface area contributed by atoms with Gasteiger partial charge < -0.3 is 25.6 Å². The minimum Gasteiger partial charge on any atom is -0.497 e. The highest BCUT2D eigenvalue weighted by atomic mass is 16.5. The van der Waals surface area contributed by atoms with Crippen LogP contribution >= 0.6 is 0 Å². The lowest BCUT2D eigenvalue weighted by molar-refractivity contribution is 0.0951. The highest BCUT2D eigenvalue weighted by Crippen LogP contribution is 2.24. The molecule has 8 nitrogen and oxygen atoms in total. The van der Waals surface area contributed by atoms with Gasteiger partial charge in [0.05, 0.1) is 12.7 Å². The van der Waals surface area contributed by atoms with E-state index < -0.39 is 6.03 Å². The Morgan fingerprint density at radius 1 is 1.00 bits per heavy atom. The molecular formula is C23H25N5O3. The van der Waals surface area contributed by atoms with Gasteiger partial charge in [-0.05, 0) is 42.0 Å². The van der Waals surface area contributed by atoms with Crippen molar-refractivity contribution in [2.45, 2.75) is 6.54 Å². The maximum atomic E-state index is 12.8. The van der Waals surface area contributed by atoms with E-state index >= 15 is 0 Å². The number of amides is 3. The summed E-state index contributed by atoms with van der Waals surface area (Å²) in [5, 5.41) is 8.41. The van der Waals surface area contributed by atoms with Gasteiger partial charge in [-0.2, -0.15) is 0 Å². The van der Waals surface area contributed by atoms with Crippen molar-refractivity contribution in [3.05, 3.63) is 78.1 Å². The number of nitrogens with zero attached hydrogens (tertiary/aromatic N) is 2. The number of carbonyl (C=O) groups excluding carboxylic acids is 2. The first-order valence-corrected chi connectivity index (χ1v) is 9.67. The number of hydrogen-bond acceptors (Lipinski definition) is 5. The molecule has 3 aromatic rings. The number of aromatic nitrogens is 1. The number of hydrogen-bond donors (Lipinski definition) is 3. The maximum Gasteiger partial charge on any atom is 0.323 e. The van der Waals surface area contributed by atoms with E-state index in [2.05, 4.69) is 20.9 Å². The molecule has 0 aliphatic heterocycles. The average Bonchev–Trinajstić information content (AvgIpc) is 2.78. The zero-order valence-corrected chi connectivity index (χ0v) is 17.7. The van der Waals surface area contributed by atoms with E-state index in [4.69, 9.17) is 4.74 Å². The molecule has 1 heterocycles. The molecule has 1 aromatic heterocycles. The third-order valence-electron chi connectivity index (χ3n) is 4.48. The van der Waals surface area contributed by atoms with Crippen LogP contribution in [0.15, 0.2) is 67.0 Å². The van der Waals surface area contributed by atoms with Gasteiger partial charge in [-0.1, -0.05) is 12.1 Å². The number of anilines is 3. The summed E-state index contributed by atoms with van der Waals surface area (Å²) in [6.07, 6.45) is 3.38. The molecule has 3 rings (SSSR count). The number of rotatable bonds is 7. The van der Waals surface area contributed by atoms with Crippen LogP contribution in [-0.4, -0.2) is 38.1 Å². The molecule has 0 radical (unpaired) electrons. The standard InChI is InChI=1S/C23H25N5O3/c1-28(2)21-10-9-18(27-23(30)26-17-7-4-8-19(12-17)31-3)13-20(21)22(29)25-15-16-6-5-11-24-14-16/h4-14H,15H2,1-3H3,(H,25,29)(H2,26,27,30). The predicted octanol–water partition coefficient (Wildman–Crippen LogP) is 3.73. The van der Waals surface area contributed by atoms with Gasteiger partial charge in [-0.15, -0.1) is 0 Å². The molecule has 0 fully saturated rings. The van der Waals surface area contributed by atoms with Gasteiger partial charge in [0.1, 0.15) is 5.75 Å². The first-order valence-electron chi connectivity index (χ1n) is 9.67. The SMILES string of the molecule is COc1cccc(NC(=O)Nc2ccc(N(C)C)c(C(=O)NCc3cccnc3)c2)c1. The average molecular weight is 419 g/mol. The number of nitrogens with one attached hydrogen (secondary N) is 3. The van der Waals surface area contributed by atoms with Gasteiger partial charge in [0, 0.05) is 56.2 Å². The largest absolute Gasteiger partial charge is 0.497 e. The Morgan fingerprint density at radius 3 is 2.45 bits per heavy atom. The molecule has 0 saturated carbocycles. The minimum absolute atomic E-state index is 0.246. The third kappa shape index (κ3) is 5.96. The summed E-state index contributed by atoms with van der Waals surface area (Å²) in [6, 6.07) is 15.5. The van der Waals surface area contributed by atoms with Crippen molar-refractivity contribution in [3.63, 3.8) is 0 Å². The fraction of sp³-hybridized carbons (Fsp3) is 0.174. The van der Waals surface area contributed by atoms with Crippen LogP contribution in [0, 0.1) is 0 Å². The summed E-state index contributed by atoms with van der Waals surface area (Å²) in [7, 11) is 5.28. The molecule has 8 heteroatoms. The second-order valence-electron chi connectivity index (χ2n) is 6.98. The Labute approximate surface area is 181 Å². The lowest BCUT2D eigenvalue weighted by Gasteiger charge is -2.18. The highest BCUT2D eigenvalue weighted by molar-refractivity contribution is 6.04. The zero-order chi connectivity index (χ0) is 22.2. The van der Waals surface area contributed by atoms with Gasteiger partial charge in [0.25, 0.3) is 5.91 Å². The quantitative estimate of drug-likeness (QED) is 0.542. The fourth-order valence-corrected chi connectivity index (χ4v) is 2.96. The van der Waals surface area contributed by atoms with Crippen LogP contribution in [0.5, 0.6) is 5.75 Å². The Bertz CT molecular complexity index is 1050. The predicted molar refractivity (Wildman–Crippen MR) is 122 cm³/mol. The van der Waals surface area contributed by atoms with Crippen molar-refractivity contribution in [2.24, 2.45) is 0 Å². The fourth-order valence-electron chi connectivity index (χ4n) is 2.96. The van der Waals surface area contributed by atoms with Gasteiger partial charge in [-0.25, -0.2) is 4.79 Å². The molecule has 0 bridgehead atoms. The van der Waals surface area contributed by atoms with Crippen LogP contribution in [-0.2, 0) is 6.54 Å². The van der Waals surface area contributed by atoms with Crippen molar-refractivity contribution >= 4 is 29.0 Å². The van der Waals surface area contributed by atoms with Crippen molar-refractivity contribution in [1.29, 1.82) is 0 Å². The highest BCUT2D eigenvalue weighted by Gasteiger charge is 2.15. The second-order valence-corrected chi connectivity index (χ2v) is 6.98. The van der Waals surface area contributed by atoms with Crippen molar-refractivity contribution in [1.82, 2.24) is 10.3 Å². The molecule has 3 amide bonds. The summed E-state index contributed by atoms with van der Waals surface area (Å²) >= 11 is 0. The molecule has 3 N–H and O–H groups in total. The van der Waals surface area contributed by atoms with E-state index in [-0.39, 0.29) is 5.91 Å². The zero-order valence-electron chi connectivity index (χ0n) is 17.7. The van der Waals surface area contributed by atoms with E-state index in [1.54, 1.807) is 62.0 Å². The summed E-state index contributed by atoms with van der Waals surface area (Å²) in [5.41, 5.74) is 3.18. The first kappa shape index (κ1) is 21.6. The van der Waals surface area contributed by atoms with Gasteiger partial charge in [0.2, 0.25) is 0 Å².